The number of carboxylic acid groups (broad SMARTS) is 1. The second-order valence-electron chi connectivity index (χ2n) is 7.47. The summed E-state index contributed by atoms with van der Waals surface area (Å²) in [4.78, 5) is 24.3. The summed E-state index contributed by atoms with van der Waals surface area (Å²) in [5.74, 6) is -1.36. The number of carboxylic acids is 1. The van der Waals surface area contributed by atoms with Crippen LogP contribution < -0.4 is 5.32 Å². The summed E-state index contributed by atoms with van der Waals surface area (Å²) in [7, 11) is -2.20. The molecule has 0 radical (unpaired) electrons. The lowest BCUT2D eigenvalue weighted by molar-refractivity contribution is -0.150. The molecule has 27 heavy (non-hydrogen) atoms. The molecule has 1 aromatic rings. The van der Waals surface area contributed by atoms with Gasteiger partial charge in [0.25, 0.3) is 5.91 Å². The fourth-order valence-electron chi connectivity index (χ4n) is 3.29. The minimum atomic E-state index is -3.70. The lowest BCUT2D eigenvalue weighted by Gasteiger charge is -2.33. The first-order valence-electron chi connectivity index (χ1n) is 9.20. The van der Waals surface area contributed by atoms with Crippen molar-refractivity contribution in [3.05, 3.63) is 29.8 Å². The highest BCUT2D eigenvalue weighted by Crippen LogP contribution is 2.36. The first kappa shape index (κ1) is 21.4. The maximum absolute atomic E-state index is 12.6. The molecule has 0 aliphatic heterocycles. The van der Waals surface area contributed by atoms with E-state index >= 15 is 0 Å². The second-order valence-corrected chi connectivity index (χ2v) is 9.47. The van der Waals surface area contributed by atoms with Crippen molar-refractivity contribution in [2.24, 2.45) is 5.41 Å². The van der Waals surface area contributed by atoms with E-state index in [0.29, 0.717) is 12.8 Å². The number of nitrogens with zero attached hydrogens (tertiary/aromatic N) is 1. The summed E-state index contributed by atoms with van der Waals surface area (Å²) >= 11 is 0. The number of aliphatic carboxylic acids is 1. The van der Waals surface area contributed by atoms with E-state index in [1.165, 1.54) is 35.6 Å². The molecule has 150 valence electrons. The topological polar surface area (TPSA) is 104 Å². The van der Waals surface area contributed by atoms with Gasteiger partial charge in [0.05, 0.1) is 10.3 Å². The Hall–Kier alpha value is -1.93. The molecule has 1 fully saturated rings. The van der Waals surface area contributed by atoms with Crippen LogP contribution in [0.3, 0.4) is 0 Å². The Morgan fingerprint density at radius 2 is 1.85 bits per heavy atom. The molecule has 0 atom stereocenters. The van der Waals surface area contributed by atoms with Gasteiger partial charge in [0.2, 0.25) is 10.0 Å². The van der Waals surface area contributed by atoms with Crippen LogP contribution in [0.2, 0.25) is 0 Å². The predicted molar refractivity (Wildman–Crippen MR) is 102 cm³/mol. The second kappa shape index (κ2) is 8.39. The van der Waals surface area contributed by atoms with Crippen LogP contribution in [0.5, 0.6) is 0 Å². The maximum Gasteiger partial charge on any atom is 0.311 e. The predicted octanol–water partition coefficient (Wildman–Crippen LogP) is 2.48. The number of carbonyl (C=O) groups is 2. The Bertz CT molecular complexity index is 798. The largest absolute Gasteiger partial charge is 0.481 e. The van der Waals surface area contributed by atoms with E-state index in [-0.39, 0.29) is 23.0 Å². The smallest absolute Gasteiger partial charge is 0.311 e. The van der Waals surface area contributed by atoms with Crippen molar-refractivity contribution in [3.8, 4) is 0 Å². The minimum absolute atomic E-state index is 0.0389. The molecule has 1 aliphatic rings. The molecular weight excluding hydrogens is 368 g/mol. The lowest BCUT2D eigenvalue weighted by atomic mass is 9.74. The van der Waals surface area contributed by atoms with Gasteiger partial charge in [0.1, 0.15) is 0 Å². The van der Waals surface area contributed by atoms with Gasteiger partial charge in [-0.3, -0.25) is 9.59 Å². The van der Waals surface area contributed by atoms with Crippen LogP contribution in [0.15, 0.2) is 29.2 Å². The van der Waals surface area contributed by atoms with Gasteiger partial charge in [0.15, 0.2) is 0 Å². The molecule has 2 N–H and O–H groups in total. The van der Waals surface area contributed by atoms with E-state index in [1.807, 2.05) is 0 Å². The van der Waals surface area contributed by atoms with Gasteiger partial charge in [0, 0.05) is 25.2 Å². The first-order chi connectivity index (χ1) is 12.6. The molecule has 1 saturated carbocycles. The standard InChI is InChI=1S/C19H28N2O5S/c1-14(2)21(3)27(25,26)16-9-7-8-15(12-16)17(22)20-13-19(18(23)24)10-5-4-6-11-19/h7-9,12,14H,4-6,10-11,13H2,1-3H3,(H,20,22)(H,23,24). The van der Waals surface area contributed by atoms with Gasteiger partial charge in [-0.25, -0.2) is 8.42 Å². The highest BCUT2D eigenvalue weighted by atomic mass is 32.2. The average molecular weight is 397 g/mol. The number of amides is 1. The van der Waals surface area contributed by atoms with Crippen LogP contribution in [0, 0.1) is 5.41 Å². The highest BCUT2D eigenvalue weighted by molar-refractivity contribution is 7.89. The van der Waals surface area contributed by atoms with E-state index in [4.69, 9.17) is 0 Å². The molecule has 1 aromatic carbocycles. The molecule has 0 heterocycles. The van der Waals surface area contributed by atoms with Crippen LogP contribution in [-0.2, 0) is 14.8 Å². The molecule has 2 rings (SSSR count). The van der Waals surface area contributed by atoms with Gasteiger partial charge in [-0.1, -0.05) is 25.3 Å². The van der Waals surface area contributed by atoms with Gasteiger partial charge in [-0.05, 0) is 44.9 Å². The van der Waals surface area contributed by atoms with Crippen molar-refractivity contribution >= 4 is 21.9 Å². The maximum atomic E-state index is 12.6. The number of rotatable bonds is 7. The van der Waals surface area contributed by atoms with Crippen molar-refractivity contribution in [1.82, 2.24) is 9.62 Å². The molecular formula is C19H28N2O5S. The van der Waals surface area contributed by atoms with E-state index in [0.717, 1.165) is 19.3 Å². The summed E-state index contributed by atoms with van der Waals surface area (Å²) in [5, 5.41) is 12.3. The third-order valence-electron chi connectivity index (χ3n) is 5.35. The SMILES string of the molecule is CC(C)N(C)S(=O)(=O)c1cccc(C(=O)NCC2(C(=O)O)CCCCC2)c1. The minimum Gasteiger partial charge on any atom is -0.481 e. The highest BCUT2D eigenvalue weighted by Gasteiger charge is 2.39. The van der Waals surface area contributed by atoms with Crippen molar-refractivity contribution in [3.63, 3.8) is 0 Å². The fourth-order valence-corrected chi connectivity index (χ4v) is 4.70. The van der Waals surface area contributed by atoms with Crippen molar-refractivity contribution in [2.45, 2.75) is 56.9 Å². The molecule has 7 nitrogen and oxygen atoms in total. The molecule has 0 aromatic heterocycles. The Kier molecular flexibility index (Phi) is 6.64. The Morgan fingerprint density at radius 3 is 2.41 bits per heavy atom. The zero-order chi connectivity index (χ0) is 20.2. The van der Waals surface area contributed by atoms with Crippen LogP contribution in [0.1, 0.15) is 56.3 Å². The fraction of sp³-hybridized carbons (Fsp3) is 0.579. The van der Waals surface area contributed by atoms with E-state index in [9.17, 15) is 23.1 Å². The molecule has 0 unspecified atom stereocenters. The number of sulfonamides is 1. The van der Waals surface area contributed by atoms with Crippen molar-refractivity contribution in [1.29, 1.82) is 0 Å². The number of benzene rings is 1. The molecule has 1 amide bonds. The number of hydrogen-bond acceptors (Lipinski definition) is 4. The van der Waals surface area contributed by atoms with Crippen molar-refractivity contribution < 1.29 is 23.1 Å². The summed E-state index contributed by atoms with van der Waals surface area (Å²) in [5.41, 5.74) is -0.736. The van der Waals surface area contributed by atoms with E-state index in [2.05, 4.69) is 5.32 Å². The third kappa shape index (κ3) is 4.68. The molecule has 0 bridgehead atoms. The number of hydrogen-bond donors (Lipinski definition) is 2. The van der Waals surface area contributed by atoms with Gasteiger partial charge in [-0.15, -0.1) is 0 Å². The molecule has 0 saturated heterocycles. The quantitative estimate of drug-likeness (QED) is 0.737. The van der Waals surface area contributed by atoms with Crippen molar-refractivity contribution in [2.75, 3.05) is 13.6 Å². The third-order valence-corrected chi connectivity index (χ3v) is 7.38. The van der Waals surface area contributed by atoms with E-state index in [1.54, 1.807) is 13.8 Å². The molecule has 0 spiro atoms. The van der Waals surface area contributed by atoms with Gasteiger partial charge >= 0.3 is 5.97 Å². The number of carbonyl (C=O) groups excluding carboxylic acids is 1. The average Bonchev–Trinajstić information content (AvgIpc) is 2.66. The summed E-state index contributed by atoms with van der Waals surface area (Å²) in [6.07, 6.45) is 3.74. The Labute approximate surface area is 160 Å². The first-order valence-corrected chi connectivity index (χ1v) is 10.6. The molecule has 8 heteroatoms. The van der Waals surface area contributed by atoms with Crippen LogP contribution in [-0.4, -0.2) is 49.3 Å². The Morgan fingerprint density at radius 1 is 1.22 bits per heavy atom. The lowest BCUT2D eigenvalue weighted by Crippen LogP contribution is -2.44. The van der Waals surface area contributed by atoms with Gasteiger partial charge in [-0.2, -0.15) is 4.31 Å². The summed E-state index contributed by atoms with van der Waals surface area (Å²) in [6, 6.07) is 5.61. The number of nitrogens with one attached hydrogen (secondary N) is 1. The van der Waals surface area contributed by atoms with Crippen LogP contribution in [0.25, 0.3) is 0 Å². The summed E-state index contributed by atoms with van der Waals surface area (Å²) in [6.45, 7) is 3.58. The van der Waals surface area contributed by atoms with Crippen LogP contribution in [0.4, 0.5) is 0 Å². The van der Waals surface area contributed by atoms with Crippen LogP contribution >= 0.6 is 0 Å². The monoisotopic (exact) mass is 396 g/mol. The van der Waals surface area contributed by atoms with Gasteiger partial charge < -0.3 is 10.4 Å². The molecule has 1 aliphatic carbocycles. The zero-order valence-electron chi connectivity index (χ0n) is 16.1. The zero-order valence-corrected chi connectivity index (χ0v) is 16.9. The normalized spacial score (nSPS) is 17.1. The van der Waals surface area contributed by atoms with E-state index < -0.39 is 27.3 Å². The Balaban J connectivity index is 2.17. The summed E-state index contributed by atoms with van der Waals surface area (Å²) < 4.78 is 26.5.